The number of hydrogen-bond donors (Lipinski definition) is 1. The van der Waals surface area contributed by atoms with Gasteiger partial charge in [0.2, 0.25) is 0 Å². The molecule has 1 aromatic rings. The van der Waals surface area contributed by atoms with E-state index in [1.54, 1.807) is 5.56 Å². The summed E-state index contributed by atoms with van der Waals surface area (Å²) >= 11 is 0. The fourth-order valence-corrected chi connectivity index (χ4v) is 2.83. The van der Waals surface area contributed by atoms with Crippen LogP contribution in [0.4, 0.5) is 0 Å². The van der Waals surface area contributed by atoms with Crippen LogP contribution >= 0.6 is 0 Å². The first-order chi connectivity index (χ1) is 8.31. The normalized spacial score (nSPS) is 21.8. The van der Waals surface area contributed by atoms with Crippen molar-refractivity contribution in [1.29, 1.82) is 0 Å². The molecule has 2 heteroatoms. The van der Waals surface area contributed by atoms with Gasteiger partial charge in [-0.25, -0.2) is 0 Å². The van der Waals surface area contributed by atoms with Gasteiger partial charge in [0, 0.05) is 18.6 Å². The minimum absolute atomic E-state index is 0.416. The molecule has 2 aliphatic rings. The molecular weight excluding hydrogens is 208 g/mol. The van der Waals surface area contributed by atoms with E-state index in [9.17, 15) is 0 Å². The summed E-state index contributed by atoms with van der Waals surface area (Å²) in [4.78, 5) is 2.49. The monoisotopic (exact) mass is 230 g/mol. The lowest BCUT2D eigenvalue weighted by Gasteiger charge is -2.29. The molecule has 0 spiro atoms. The summed E-state index contributed by atoms with van der Waals surface area (Å²) in [6, 6.07) is 10.1. The Morgan fingerprint density at radius 3 is 2.53 bits per heavy atom. The molecule has 1 aromatic carbocycles. The van der Waals surface area contributed by atoms with Crippen molar-refractivity contribution < 1.29 is 0 Å². The fraction of sp³-hybridized carbons (Fsp3) is 0.600. The summed E-state index contributed by atoms with van der Waals surface area (Å²) in [5.41, 5.74) is 9.05. The average Bonchev–Trinajstić information content (AvgIpc) is 3.21. The van der Waals surface area contributed by atoms with Crippen molar-refractivity contribution >= 4 is 0 Å². The van der Waals surface area contributed by atoms with E-state index in [-0.39, 0.29) is 0 Å². The third-order valence-electron chi connectivity index (χ3n) is 4.21. The van der Waals surface area contributed by atoms with Crippen LogP contribution in [0.5, 0.6) is 0 Å². The average molecular weight is 230 g/mol. The number of benzene rings is 1. The lowest BCUT2D eigenvalue weighted by atomic mass is 9.96. The lowest BCUT2D eigenvalue weighted by Crippen LogP contribution is -2.32. The highest BCUT2D eigenvalue weighted by Crippen LogP contribution is 2.44. The lowest BCUT2D eigenvalue weighted by molar-refractivity contribution is 0.239. The molecule has 2 nitrogen and oxygen atoms in total. The minimum atomic E-state index is 0.416. The second kappa shape index (κ2) is 4.43. The van der Waals surface area contributed by atoms with Crippen LogP contribution in [0.1, 0.15) is 48.8 Å². The minimum Gasteiger partial charge on any atom is -0.329 e. The molecule has 1 atom stereocenters. The Hall–Kier alpha value is -0.860. The Morgan fingerprint density at radius 1 is 1.24 bits per heavy atom. The summed E-state index contributed by atoms with van der Waals surface area (Å²) in [6.45, 7) is 0.733. The van der Waals surface area contributed by atoms with E-state index in [1.165, 1.54) is 31.2 Å². The molecule has 2 N–H and O–H groups in total. The molecule has 0 saturated heterocycles. The van der Waals surface area contributed by atoms with E-state index in [4.69, 9.17) is 5.73 Å². The number of rotatable bonds is 5. The van der Waals surface area contributed by atoms with Gasteiger partial charge in [-0.05, 0) is 49.8 Å². The van der Waals surface area contributed by atoms with Gasteiger partial charge in [-0.3, -0.25) is 4.90 Å². The van der Waals surface area contributed by atoms with Crippen molar-refractivity contribution in [3.63, 3.8) is 0 Å². The number of nitrogens with zero attached hydrogens (tertiary/aromatic N) is 1. The number of hydrogen-bond acceptors (Lipinski definition) is 2. The van der Waals surface area contributed by atoms with Crippen molar-refractivity contribution in [1.82, 2.24) is 4.90 Å². The molecule has 1 unspecified atom stereocenters. The second-order valence-electron chi connectivity index (χ2n) is 5.55. The largest absolute Gasteiger partial charge is 0.329 e. The highest BCUT2D eigenvalue weighted by atomic mass is 15.2. The molecule has 0 radical (unpaired) electrons. The van der Waals surface area contributed by atoms with E-state index in [0.29, 0.717) is 6.04 Å². The second-order valence-corrected chi connectivity index (χ2v) is 5.55. The van der Waals surface area contributed by atoms with Crippen molar-refractivity contribution in [3.8, 4) is 0 Å². The quantitative estimate of drug-likeness (QED) is 0.842. The van der Waals surface area contributed by atoms with Crippen molar-refractivity contribution in [2.45, 2.75) is 43.7 Å². The summed E-state index contributed by atoms with van der Waals surface area (Å²) in [7, 11) is 2.23. The van der Waals surface area contributed by atoms with Crippen LogP contribution in [0.15, 0.2) is 24.3 Å². The predicted octanol–water partition coefficient (Wildman–Crippen LogP) is 2.66. The smallest absolute Gasteiger partial charge is 0.0473 e. The van der Waals surface area contributed by atoms with Gasteiger partial charge in [-0.1, -0.05) is 24.3 Å². The zero-order valence-corrected chi connectivity index (χ0v) is 10.6. The first kappa shape index (κ1) is 11.2. The van der Waals surface area contributed by atoms with E-state index >= 15 is 0 Å². The molecule has 92 valence electrons. The topological polar surface area (TPSA) is 29.3 Å². The molecule has 2 saturated carbocycles. The summed E-state index contributed by atoms with van der Waals surface area (Å²) in [5, 5.41) is 0. The molecule has 2 aliphatic carbocycles. The highest BCUT2D eigenvalue weighted by molar-refractivity contribution is 5.36. The van der Waals surface area contributed by atoms with Crippen molar-refractivity contribution in [3.05, 3.63) is 35.4 Å². The first-order valence-electron chi connectivity index (χ1n) is 6.82. The number of likely N-dealkylation sites (N-methyl/N-ethyl adjacent to an activating group) is 1. The van der Waals surface area contributed by atoms with E-state index in [1.807, 2.05) is 0 Å². The Morgan fingerprint density at radius 2 is 1.94 bits per heavy atom. The maximum atomic E-state index is 6.02. The molecular formula is C15H22N2. The summed E-state index contributed by atoms with van der Waals surface area (Å²) < 4.78 is 0. The van der Waals surface area contributed by atoms with Crippen LogP contribution in [0.2, 0.25) is 0 Å². The fourth-order valence-electron chi connectivity index (χ4n) is 2.83. The first-order valence-corrected chi connectivity index (χ1v) is 6.82. The molecule has 3 rings (SSSR count). The summed E-state index contributed by atoms with van der Waals surface area (Å²) in [5.74, 6) is 0.813. The van der Waals surface area contributed by atoms with Gasteiger partial charge in [0.25, 0.3) is 0 Å². The van der Waals surface area contributed by atoms with E-state index < -0.39 is 0 Å². The van der Waals surface area contributed by atoms with Gasteiger partial charge in [-0.15, -0.1) is 0 Å². The van der Waals surface area contributed by atoms with Crippen LogP contribution in [0, 0.1) is 0 Å². The Labute approximate surface area is 104 Å². The molecule has 17 heavy (non-hydrogen) atoms. The van der Waals surface area contributed by atoms with Gasteiger partial charge >= 0.3 is 0 Å². The van der Waals surface area contributed by atoms with Gasteiger partial charge < -0.3 is 5.73 Å². The van der Waals surface area contributed by atoms with Crippen LogP contribution in [0.25, 0.3) is 0 Å². The maximum absolute atomic E-state index is 6.02. The molecule has 0 bridgehead atoms. The SMILES string of the molecule is CN(C1CC1)C(CN)c1ccccc1C1CC1. The molecule has 0 heterocycles. The molecule has 0 amide bonds. The van der Waals surface area contributed by atoms with Gasteiger partial charge in [0.1, 0.15) is 0 Å². The highest BCUT2D eigenvalue weighted by Gasteiger charge is 2.34. The van der Waals surface area contributed by atoms with E-state index in [0.717, 1.165) is 18.5 Å². The predicted molar refractivity (Wildman–Crippen MR) is 71.0 cm³/mol. The Kier molecular flexibility index (Phi) is 2.93. The van der Waals surface area contributed by atoms with E-state index in [2.05, 4.69) is 36.2 Å². The van der Waals surface area contributed by atoms with Crippen LogP contribution in [-0.2, 0) is 0 Å². The van der Waals surface area contributed by atoms with Crippen molar-refractivity contribution in [2.24, 2.45) is 5.73 Å². The molecule has 0 aliphatic heterocycles. The van der Waals surface area contributed by atoms with Gasteiger partial charge in [0.05, 0.1) is 0 Å². The number of nitrogens with two attached hydrogens (primary N) is 1. The third kappa shape index (κ3) is 2.24. The standard InChI is InChI=1S/C15H22N2/c1-17(12-8-9-12)15(10-16)14-5-3-2-4-13(14)11-6-7-11/h2-5,11-12,15H,6-10,16H2,1H3. The van der Waals surface area contributed by atoms with Gasteiger partial charge in [0.15, 0.2) is 0 Å². The zero-order valence-electron chi connectivity index (χ0n) is 10.6. The van der Waals surface area contributed by atoms with Crippen LogP contribution < -0.4 is 5.73 Å². The van der Waals surface area contributed by atoms with Crippen LogP contribution in [0.3, 0.4) is 0 Å². The third-order valence-corrected chi connectivity index (χ3v) is 4.21. The molecule has 0 aromatic heterocycles. The van der Waals surface area contributed by atoms with Crippen LogP contribution in [-0.4, -0.2) is 24.5 Å². The summed E-state index contributed by atoms with van der Waals surface area (Å²) in [6.07, 6.45) is 5.42. The zero-order chi connectivity index (χ0) is 11.8. The maximum Gasteiger partial charge on any atom is 0.0473 e. The Balaban J connectivity index is 1.89. The Bertz CT molecular complexity index is 394. The van der Waals surface area contributed by atoms with Gasteiger partial charge in [-0.2, -0.15) is 0 Å². The van der Waals surface area contributed by atoms with Crippen molar-refractivity contribution in [2.75, 3.05) is 13.6 Å². The molecule has 2 fully saturated rings.